The molecule has 1 amide bonds. The van der Waals surface area contributed by atoms with E-state index in [1.165, 1.54) is 0 Å². The van der Waals surface area contributed by atoms with Gasteiger partial charge in [-0.05, 0) is 30.5 Å². The predicted octanol–water partition coefficient (Wildman–Crippen LogP) is 2.23. The number of benzene rings is 1. The molecule has 0 saturated heterocycles. The zero-order chi connectivity index (χ0) is 15.3. The minimum Gasteiger partial charge on any atom is -0.395 e. The molecule has 1 aliphatic rings. The van der Waals surface area contributed by atoms with Crippen molar-refractivity contribution in [1.82, 2.24) is 4.90 Å². The van der Waals surface area contributed by atoms with Gasteiger partial charge in [0.2, 0.25) is 5.91 Å². The third-order valence-corrected chi connectivity index (χ3v) is 4.45. The van der Waals surface area contributed by atoms with E-state index in [-0.39, 0.29) is 12.5 Å². The molecule has 0 bridgehead atoms. The van der Waals surface area contributed by atoms with E-state index in [1.54, 1.807) is 12.0 Å². The van der Waals surface area contributed by atoms with Crippen molar-refractivity contribution in [2.45, 2.75) is 24.7 Å². The lowest BCUT2D eigenvalue weighted by Gasteiger charge is -2.44. The summed E-state index contributed by atoms with van der Waals surface area (Å²) in [5.41, 5.74) is 0.500. The van der Waals surface area contributed by atoms with Crippen LogP contribution in [0.15, 0.2) is 24.3 Å². The van der Waals surface area contributed by atoms with Gasteiger partial charge in [0.25, 0.3) is 0 Å². The highest BCUT2D eigenvalue weighted by molar-refractivity contribution is 6.30. The van der Waals surface area contributed by atoms with Crippen molar-refractivity contribution < 1.29 is 14.6 Å². The van der Waals surface area contributed by atoms with Gasteiger partial charge in [-0.25, -0.2) is 0 Å². The summed E-state index contributed by atoms with van der Waals surface area (Å²) >= 11 is 6.08. The number of rotatable bonds is 7. The number of carbonyl (C=O) groups is 1. The molecule has 0 aliphatic heterocycles. The van der Waals surface area contributed by atoms with Crippen molar-refractivity contribution in [3.8, 4) is 0 Å². The van der Waals surface area contributed by atoms with Crippen molar-refractivity contribution in [1.29, 1.82) is 0 Å². The largest absolute Gasteiger partial charge is 0.395 e. The molecule has 0 heterocycles. The molecule has 116 valence electrons. The summed E-state index contributed by atoms with van der Waals surface area (Å²) in [6.07, 6.45) is 2.71. The molecule has 1 N–H and O–H groups in total. The molecular weight excluding hydrogens is 290 g/mol. The number of nitrogens with zero attached hydrogens (tertiary/aromatic N) is 1. The number of hydrogen-bond donors (Lipinski definition) is 1. The molecule has 5 heteroatoms. The van der Waals surface area contributed by atoms with Gasteiger partial charge < -0.3 is 14.7 Å². The molecule has 2 rings (SSSR count). The maximum absolute atomic E-state index is 13.0. The number of methoxy groups -OCH3 is 1. The van der Waals surface area contributed by atoms with Gasteiger partial charge in [0.05, 0.1) is 18.6 Å². The average molecular weight is 312 g/mol. The summed E-state index contributed by atoms with van der Waals surface area (Å²) in [4.78, 5) is 14.7. The number of ether oxygens (including phenoxy) is 1. The molecular formula is C16H22ClNO3. The normalized spacial score (nSPS) is 16.3. The first-order chi connectivity index (χ1) is 10.1. The number of hydrogen-bond acceptors (Lipinski definition) is 3. The van der Waals surface area contributed by atoms with Crippen molar-refractivity contribution in [3.63, 3.8) is 0 Å². The van der Waals surface area contributed by atoms with Crippen LogP contribution in [-0.4, -0.2) is 49.3 Å². The molecule has 0 radical (unpaired) electrons. The van der Waals surface area contributed by atoms with Crippen molar-refractivity contribution in [2.75, 3.05) is 33.4 Å². The molecule has 0 spiro atoms. The lowest BCUT2D eigenvalue weighted by atomic mass is 9.63. The van der Waals surface area contributed by atoms with Crippen LogP contribution in [0, 0.1) is 0 Å². The summed E-state index contributed by atoms with van der Waals surface area (Å²) in [6.45, 7) is 1.27. The Morgan fingerprint density at radius 1 is 1.43 bits per heavy atom. The van der Waals surface area contributed by atoms with Crippen molar-refractivity contribution in [3.05, 3.63) is 34.9 Å². The fraction of sp³-hybridized carbons (Fsp3) is 0.562. The predicted molar refractivity (Wildman–Crippen MR) is 82.5 cm³/mol. The van der Waals surface area contributed by atoms with Gasteiger partial charge in [-0.1, -0.05) is 30.2 Å². The van der Waals surface area contributed by atoms with E-state index in [0.717, 1.165) is 24.8 Å². The van der Waals surface area contributed by atoms with E-state index >= 15 is 0 Å². The smallest absolute Gasteiger partial charge is 0.233 e. The zero-order valence-corrected chi connectivity index (χ0v) is 13.1. The summed E-state index contributed by atoms with van der Waals surface area (Å²) in [7, 11) is 1.61. The van der Waals surface area contributed by atoms with Crippen LogP contribution in [0.5, 0.6) is 0 Å². The van der Waals surface area contributed by atoms with Crippen LogP contribution in [0.4, 0.5) is 0 Å². The van der Waals surface area contributed by atoms with Crippen LogP contribution in [0.2, 0.25) is 5.02 Å². The summed E-state index contributed by atoms with van der Waals surface area (Å²) in [6, 6.07) is 7.55. The lowest BCUT2D eigenvalue weighted by Crippen LogP contribution is -2.52. The molecule has 1 aromatic rings. The van der Waals surface area contributed by atoms with E-state index < -0.39 is 5.41 Å². The molecule has 0 aromatic heterocycles. The molecule has 1 aliphatic carbocycles. The van der Waals surface area contributed by atoms with E-state index in [0.29, 0.717) is 24.7 Å². The highest BCUT2D eigenvalue weighted by Gasteiger charge is 2.47. The first-order valence-corrected chi connectivity index (χ1v) is 7.67. The molecule has 0 unspecified atom stereocenters. The molecule has 1 saturated carbocycles. The molecule has 0 atom stereocenters. The van der Waals surface area contributed by atoms with Gasteiger partial charge >= 0.3 is 0 Å². The maximum atomic E-state index is 13.0. The molecule has 1 aromatic carbocycles. The van der Waals surface area contributed by atoms with Crippen LogP contribution >= 0.6 is 11.6 Å². The second kappa shape index (κ2) is 7.25. The van der Waals surface area contributed by atoms with Gasteiger partial charge in [0.15, 0.2) is 0 Å². The van der Waals surface area contributed by atoms with Crippen molar-refractivity contribution >= 4 is 17.5 Å². The van der Waals surface area contributed by atoms with Crippen LogP contribution in [-0.2, 0) is 14.9 Å². The maximum Gasteiger partial charge on any atom is 0.233 e. The second-order valence-electron chi connectivity index (χ2n) is 5.45. The monoisotopic (exact) mass is 311 g/mol. The average Bonchev–Trinajstić information content (AvgIpc) is 2.42. The van der Waals surface area contributed by atoms with Crippen LogP contribution < -0.4 is 0 Å². The van der Waals surface area contributed by atoms with Crippen LogP contribution in [0.3, 0.4) is 0 Å². The fourth-order valence-corrected chi connectivity index (χ4v) is 3.07. The highest BCUT2D eigenvalue weighted by Crippen LogP contribution is 2.45. The summed E-state index contributed by atoms with van der Waals surface area (Å²) in [5, 5.41) is 9.85. The third kappa shape index (κ3) is 3.39. The first-order valence-electron chi connectivity index (χ1n) is 7.29. The van der Waals surface area contributed by atoms with Gasteiger partial charge in [0, 0.05) is 25.2 Å². The van der Waals surface area contributed by atoms with Crippen LogP contribution in [0.1, 0.15) is 24.8 Å². The third-order valence-electron chi connectivity index (χ3n) is 4.22. The summed E-state index contributed by atoms with van der Waals surface area (Å²) < 4.78 is 5.06. The number of amides is 1. The Hall–Kier alpha value is -1.10. The SMILES string of the molecule is COCCN(CCO)C(=O)C1(c2cccc(Cl)c2)CCC1. The standard InChI is InChI=1S/C16H22ClNO3/c1-21-11-9-18(8-10-19)15(20)16(6-3-7-16)13-4-2-5-14(17)12-13/h2,4-5,12,19H,3,6-11H2,1H3. The Labute approximate surface area is 130 Å². The van der Waals surface area contributed by atoms with Gasteiger partial charge in [0.1, 0.15) is 0 Å². The Kier molecular flexibility index (Phi) is 5.62. The number of carbonyl (C=O) groups excluding carboxylic acids is 1. The van der Waals surface area contributed by atoms with E-state index in [1.807, 2.05) is 24.3 Å². The van der Waals surface area contributed by atoms with E-state index in [9.17, 15) is 9.90 Å². The van der Waals surface area contributed by atoms with Crippen molar-refractivity contribution in [2.24, 2.45) is 0 Å². The van der Waals surface area contributed by atoms with Gasteiger partial charge in [-0.15, -0.1) is 0 Å². The number of halogens is 1. The van der Waals surface area contributed by atoms with E-state index in [4.69, 9.17) is 16.3 Å². The Balaban J connectivity index is 2.23. The van der Waals surface area contributed by atoms with Crippen LogP contribution in [0.25, 0.3) is 0 Å². The first kappa shape index (κ1) is 16.3. The van der Waals surface area contributed by atoms with Gasteiger partial charge in [-0.3, -0.25) is 4.79 Å². The Morgan fingerprint density at radius 2 is 2.19 bits per heavy atom. The van der Waals surface area contributed by atoms with Gasteiger partial charge in [-0.2, -0.15) is 0 Å². The lowest BCUT2D eigenvalue weighted by molar-refractivity contribution is -0.142. The molecule has 1 fully saturated rings. The minimum absolute atomic E-state index is 0.0406. The Bertz CT molecular complexity index is 488. The number of aliphatic hydroxyl groups excluding tert-OH is 1. The second-order valence-corrected chi connectivity index (χ2v) is 5.89. The quantitative estimate of drug-likeness (QED) is 0.840. The molecule has 4 nitrogen and oxygen atoms in total. The molecule has 21 heavy (non-hydrogen) atoms. The number of aliphatic hydroxyl groups is 1. The topological polar surface area (TPSA) is 49.8 Å². The Morgan fingerprint density at radius 3 is 2.71 bits per heavy atom. The van der Waals surface area contributed by atoms with E-state index in [2.05, 4.69) is 0 Å². The summed E-state index contributed by atoms with van der Waals surface area (Å²) in [5.74, 6) is 0.0714. The zero-order valence-electron chi connectivity index (χ0n) is 12.3. The minimum atomic E-state index is -0.478. The highest BCUT2D eigenvalue weighted by atomic mass is 35.5. The fourth-order valence-electron chi connectivity index (χ4n) is 2.88.